The molecule has 2 N–H and O–H groups in total. The predicted molar refractivity (Wildman–Crippen MR) is 66.0 cm³/mol. The van der Waals surface area contributed by atoms with Crippen LogP contribution in [0.25, 0.3) is 0 Å². The summed E-state index contributed by atoms with van der Waals surface area (Å²) >= 11 is 0. The fraction of sp³-hybridized carbons (Fsp3) is 0.636. The normalized spacial score (nSPS) is 22.1. The number of hydroxylamine groups is 2. The Labute approximate surface area is 107 Å². The number of rotatable bonds is 3. The number of carbonyl (C=O) groups is 2. The van der Waals surface area contributed by atoms with Crippen LogP contribution >= 0.6 is 0 Å². The fourth-order valence-corrected chi connectivity index (χ4v) is 2.29. The van der Waals surface area contributed by atoms with Gasteiger partial charge in [0.15, 0.2) is 6.17 Å². The molecule has 1 aliphatic heterocycles. The zero-order valence-electron chi connectivity index (χ0n) is 11.2. The summed E-state index contributed by atoms with van der Waals surface area (Å²) in [5.74, 6) is 0. The van der Waals surface area contributed by atoms with E-state index in [0.29, 0.717) is 11.6 Å². The lowest BCUT2D eigenvalue weighted by Crippen LogP contribution is -2.57. The standard InChI is InChI=1S/C11H20N4O3/c1-6-7-14-10(17)13(5)8(11(14,2)3)15(18)9(16)12-4/h6,8,18H,1,7H2,2-5H3,(H,12,16)/t8-/m1/s1. The van der Waals surface area contributed by atoms with Gasteiger partial charge in [0.25, 0.3) is 0 Å². The molecule has 1 fully saturated rings. The van der Waals surface area contributed by atoms with Gasteiger partial charge < -0.3 is 15.1 Å². The maximum atomic E-state index is 12.1. The van der Waals surface area contributed by atoms with Crippen LogP contribution in [0.5, 0.6) is 0 Å². The highest BCUT2D eigenvalue weighted by atomic mass is 16.5. The lowest BCUT2D eigenvalue weighted by molar-refractivity contribution is -0.128. The van der Waals surface area contributed by atoms with Crippen LogP contribution in [0.15, 0.2) is 12.7 Å². The number of urea groups is 2. The van der Waals surface area contributed by atoms with Crippen LogP contribution < -0.4 is 5.32 Å². The van der Waals surface area contributed by atoms with Gasteiger partial charge in [-0.25, -0.2) is 9.59 Å². The van der Waals surface area contributed by atoms with Crippen molar-refractivity contribution in [1.29, 1.82) is 0 Å². The molecule has 1 heterocycles. The number of nitrogens with zero attached hydrogens (tertiary/aromatic N) is 3. The first-order valence-electron chi connectivity index (χ1n) is 5.64. The fourth-order valence-electron chi connectivity index (χ4n) is 2.29. The second kappa shape index (κ2) is 4.85. The maximum absolute atomic E-state index is 12.1. The first kappa shape index (κ1) is 14.3. The number of hydrogen-bond donors (Lipinski definition) is 2. The summed E-state index contributed by atoms with van der Waals surface area (Å²) in [5.41, 5.74) is -0.721. The molecule has 0 aromatic rings. The third-order valence-corrected chi connectivity index (χ3v) is 3.19. The molecular formula is C11H20N4O3. The number of amides is 4. The molecule has 0 bridgehead atoms. The van der Waals surface area contributed by atoms with Gasteiger partial charge in [-0.3, -0.25) is 5.21 Å². The van der Waals surface area contributed by atoms with Crippen molar-refractivity contribution in [3.63, 3.8) is 0 Å². The van der Waals surface area contributed by atoms with Gasteiger partial charge in [-0.05, 0) is 13.8 Å². The van der Waals surface area contributed by atoms with Gasteiger partial charge in [0.2, 0.25) is 0 Å². The molecule has 0 aromatic heterocycles. The predicted octanol–water partition coefficient (Wildman–Crippen LogP) is 0.675. The minimum Gasteiger partial charge on any atom is -0.339 e. The Morgan fingerprint density at radius 1 is 1.67 bits per heavy atom. The summed E-state index contributed by atoms with van der Waals surface area (Å²) in [7, 11) is 2.96. The molecule has 102 valence electrons. The van der Waals surface area contributed by atoms with E-state index in [9.17, 15) is 14.8 Å². The van der Waals surface area contributed by atoms with Gasteiger partial charge in [-0.2, -0.15) is 5.06 Å². The third kappa shape index (κ3) is 2.01. The SMILES string of the molecule is C=CCN1C(=O)N(C)[C@H](N(O)C(=O)NC)C1(C)C. The molecule has 7 heteroatoms. The Balaban J connectivity index is 3.08. The summed E-state index contributed by atoms with van der Waals surface area (Å²) in [6.45, 7) is 7.53. The molecule has 0 radical (unpaired) electrons. The highest BCUT2D eigenvalue weighted by molar-refractivity contribution is 5.80. The molecule has 0 saturated carbocycles. The van der Waals surface area contributed by atoms with Crippen LogP contribution in [0.2, 0.25) is 0 Å². The summed E-state index contributed by atoms with van der Waals surface area (Å²) in [6.07, 6.45) is 0.849. The molecular weight excluding hydrogens is 236 g/mol. The summed E-state index contributed by atoms with van der Waals surface area (Å²) in [4.78, 5) is 26.4. The topological polar surface area (TPSA) is 76.1 Å². The molecule has 18 heavy (non-hydrogen) atoms. The van der Waals surface area contributed by atoms with Gasteiger partial charge in [0, 0.05) is 20.6 Å². The van der Waals surface area contributed by atoms with Crippen molar-refractivity contribution >= 4 is 12.1 Å². The average molecular weight is 256 g/mol. The van der Waals surface area contributed by atoms with Crippen molar-refractivity contribution in [2.45, 2.75) is 25.6 Å². The molecule has 0 aliphatic carbocycles. The van der Waals surface area contributed by atoms with Crippen LogP contribution in [0.1, 0.15) is 13.8 Å². The van der Waals surface area contributed by atoms with Crippen LogP contribution in [0.3, 0.4) is 0 Å². The van der Waals surface area contributed by atoms with E-state index >= 15 is 0 Å². The largest absolute Gasteiger partial charge is 0.342 e. The molecule has 1 saturated heterocycles. The monoisotopic (exact) mass is 256 g/mol. The summed E-state index contributed by atoms with van der Waals surface area (Å²) in [5, 5.41) is 12.8. The lowest BCUT2D eigenvalue weighted by Gasteiger charge is -2.37. The Hall–Kier alpha value is -1.76. The van der Waals surface area contributed by atoms with Gasteiger partial charge >= 0.3 is 12.1 Å². The van der Waals surface area contributed by atoms with Crippen molar-refractivity contribution < 1.29 is 14.8 Å². The van der Waals surface area contributed by atoms with Crippen LogP contribution in [-0.4, -0.2) is 64.5 Å². The Morgan fingerprint density at radius 3 is 2.67 bits per heavy atom. The number of nitrogens with one attached hydrogen (secondary N) is 1. The second-order valence-corrected chi connectivity index (χ2v) is 4.72. The summed E-state index contributed by atoms with van der Waals surface area (Å²) < 4.78 is 0. The van der Waals surface area contributed by atoms with Crippen molar-refractivity contribution in [3.8, 4) is 0 Å². The van der Waals surface area contributed by atoms with E-state index < -0.39 is 17.7 Å². The van der Waals surface area contributed by atoms with E-state index in [1.165, 1.54) is 11.9 Å². The first-order chi connectivity index (χ1) is 8.28. The minimum atomic E-state index is -0.759. The van der Waals surface area contributed by atoms with Crippen molar-refractivity contribution in [2.75, 3.05) is 20.6 Å². The Bertz CT molecular complexity index is 369. The van der Waals surface area contributed by atoms with Crippen molar-refractivity contribution in [2.24, 2.45) is 0 Å². The molecule has 1 atom stereocenters. The molecule has 7 nitrogen and oxygen atoms in total. The molecule has 1 rings (SSSR count). The zero-order valence-corrected chi connectivity index (χ0v) is 11.2. The molecule has 0 spiro atoms. The number of carbonyl (C=O) groups excluding carboxylic acids is 2. The minimum absolute atomic E-state index is 0.257. The van der Waals surface area contributed by atoms with E-state index in [-0.39, 0.29) is 6.03 Å². The van der Waals surface area contributed by atoms with E-state index in [2.05, 4.69) is 11.9 Å². The smallest absolute Gasteiger partial charge is 0.339 e. The van der Waals surface area contributed by atoms with Gasteiger partial charge in [0.1, 0.15) is 0 Å². The van der Waals surface area contributed by atoms with Crippen molar-refractivity contribution in [1.82, 2.24) is 20.2 Å². The Morgan fingerprint density at radius 2 is 2.22 bits per heavy atom. The molecule has 1 aliphatic rings. The Kier molecular flexibility index (Phi) is 3.85. The molecule has 0 unspecified atom stereocenters. The average Bonchev–Trinajstić information content (AvgIpc) is 2.48. The first-order valence-corrected chi connectivity index (χ1v) is 5.64. The summed E-state index contributed by atoms with van der Waals surface area (Å²) in [6, 6.07) is -0.916. The lowest BCUT2D eigenvalue weighted by atomic mass is 10.0. The zero-order chi connectivity index (χ0) is 14.1. The number of likely N-dealkylation sites (N-methyl/N-ethyl adjacent to an activating group) is 1. The van der Waals surface area contributed by atoms with Gasteiger partial charge in [-0.1, -0.05) is 6.08 Å². The number of hydrogen-bond acceptors (Lipinski definition) is 3. The molecule has 0 aromatic carbocycles. The van der Waals surface area contributed by atoms with E-state index in [0.717, 1.165) is 0 Å². The van der Waals surface area contributed by atoms with E-state index in [4.69, 9.17) is 0 Å². The van der Waals surface area contributed by atoms with Crippen molar-refractivity contribution in [3.05, 3.63) is 12.7 Å². The van der Waals surface area contributed by atoms with E-state index in [1.54, 1.807) is 31.9 Å². The van der Waals surface area contributed by atoms with Crippen LogP contribution in [-0.2, 0) is 0 Å². The third-order valence-electron chi connectivity index (χ3n) is 3.19. The quantitative estimate of drug-likeness (QED) is 0.443. The second-order valence-electron chi connectivity index (χ2n) is 4.72. The highest BCUT2D eigenvalue weighted by Gasteiger charge is 2.53. The highest BCUT2D eigenvalue weighted by Crippen LogP contribution is 2.32. The van der Waals surface area contributed by atoms with Crippen LogP contribution in [0, 0.1) is 0 Å². The molecule has 4 amide bonds. The van der Waals surface area contributed by atoms with Gasteiger partial charge in [-0.15, -0.1) is 6.58 Å². The van der Waals surface area contributed by atoms with Gasteiger partial charge in [0.05, 0.1) is 5.54 Å². The maximum Gasteiger partial charge on any atom is 0.342 e. The van der Waals surface area contributed by atoms with Crippen LogP contribution in [0.4, 0.5) is 9.59 Å². The van der Waals surface area contributed by atoms with E-state index in [1.807, 2.05) is 0 Å².